The molecule has 0 radical (unpaired) electrons. The summed E-state index contributed by atoms with van der Waals surface area (Å²) >= 11 is 0. The van der Waals surface area contributed by atoms with E-state index in [-0.39, 0.29) is 6.61 Å². The molecule has 0 aliphatic heterocycles. The predicted octanol–water partition coefficient (Wildman–Crippen LogP) is -1.39. The molecule has 2 atom stereocenters. The number of aromatic nitrogens is 3. The Bertz CT molecular complexity index is 226. The highest BCUT2D eigenvalue weighted by Gasteiger charge is 2.15. The molecular formula is C7H14N4O2. The van der Waals surface area contributed by atoms with Gasteiger partial charge in [0.05, 0.1) is 37.7 Å². The van der Waals surface area contributed by atoms with Gasteiger partial charge < -0.3 is 15.6 Å². The lowest BCUT2D eigenvalue weighted by Crippen LogP contribution is -2.41. The van der Waals surface area contributed by atoms with Gasteiger partial charge in [-0.05, 0) is 0 Å². The Morgan fingerprint density at radius 3 is 2.69 bits per heavy atom. The van der Waals surface area contributed by atoms with E-state index in [9.17, 15) is 5.11 Å². The first kappa shape index (κ1) is 10.1. The van der Waals surface area contributed by atoms with Gasteiger partial charge in [0.15, 0.2) is 0 Å². The van der Waals surface area contributed by atoms with Crippen molar-refractivity contribution in [1.82, 2.24) is 15.0 Å². The Morgan fingerprint density at radius 1 is 1.54 bits per heavy atom. The summed E-state index contributed by atoms with van der Waals surface area (Å²) in [5, 5.41) is 17.1. The summed E-state index contributed by atoms with van der Waals surface area (Å²) in [6.45, 7) is 0.611. The lowest BCUT2D eigenvalue weighted by molar-refractivity contribution is 0.0424. The molecule has 0 aromatic carbocycles. The van der Waals surface area contributed by atoms with Gasteiger partial charge in [-0.3, -0.25) is 0 Å². The SMILES string of the molecule is COCC(O)C(N)Cn1nccn1. The van der Waals surface area contributed by atoms with Crippen LogP contribution in [-0.2, 0) is 11.3 Å². The maximum Gasteiger partial charge on any atom is 0.0942 e. The van der Waals surface area contributed by atoms with E-state index in [1.807, 2.05) is 0 Å². The van der Waals surface area contributed by atoms with E-state index in [4.69, 9.17) is 10.5 Å². The third kappa shape index (κ3) is 3.10. The molecule has 6 nitrogen and oxygen atoms in total. The highest BCUT2D eigenvalue weighted by molar-refractivity contribution is 4.71. The fourth-order valence-electron chi connectivity index (χ4n) is 0.942. The number of hydrogen-bond donors (Lipinski definition) is 2. The Balaban J connectivity index is 2.36. The van der Waals surface area contributed by atoms with E-state index in [0.29, 0.717) is 6.54 Å². The fourth-order valence-corrected chi connectivity index (χ4v) is 0.942. The molecule has 1 heterocycles. The van der Waals surface area contributed by atoms with Crippen LogP contribution in [0.5, 0.6) is 0 Å². The maximum absolute atomic E-state index is 9.40. The summed E-state index contributed by atoms with van der Waals surface area (Å²) in [4.78, 5) is 1.43. The van der Waals surface area contributed by atoms with E-state index in [1.54, 1.807) is 12.4 Å². The van der Waals surface area contributed by atoms with Crippen LogP contribution in [0.2, 0.25) is 0 Å². The van der Waals surface area contributed by atoms with Crippen molar-refractivity contribution in [3.05, 3.63) is 12.4 Å². The van der Waals surface area contributed by atoms with Crippen LogP contribution in [0.25, 0.3) is 0 Å². The Hall–Kier alpha value is -0.980. The second kappa shape index (κ2) is 4.90. The second-order valence-electron chi connectivity index (χ2n) is 2.77. The average Bonchev–Trinajstić information content (AvgIpc) is 2.57. The van der Waals surface area contributed by atoms with Gasteiger partial charge in [0.1, 0.15) is 0 Å². The predicted molar refractivity (Wildman–Crippen MR) is 45.9 cm³/mol. The van der Waals surface area contributed by atoms with E-state index >= 15 is 0 Å². The van der Waals surface area contributed by atoms with Crippen molar-refractivity contribution in [3.63, 3.8) is 0 Å². The van der Waals surface area contributed by atoms with Crippen molar-refractivity contribution >= 4 is 0 Å². The standard InChI is InChI=1S/C7H14N4O2/c1-13-5-7(12)6(8)4-11-9-2-3-10-11/h2-3,6-7,12H,4-5,8H2,1H3. The van der Waals surface area contributed by atoms with Gasteiger partial charge in [-0.25, -0.2) is 0 Å². The zero-order chi connectivity index (χ0) is 9.68. The van der Waals surface area contributed by atoms with E-state index < -0.39 is 12.1 Å². The number of aliphatic hydroxyl groups excluding tert-OH is 1. The van der Waals surface area contributed by atoms with Crippen LogP contribution in [-0.4, -0.2) is 46.0 Å². The highest BCUT2D eigenvalue weighted by Crippen LogP contribution is 1.93. The molecule has 1 aromatic rings. The molecule has 13 heavy (non-hydrogen) atoms. The largest absolute Gasteiger partial charge is 0.389 e. The van der Waals surface area contributed by atoms with Gasteiger partial charge in [-0.2, -0.15) is 15.0 Å². The number of methoxy groups -OCH3 is 1. The van der Waals surface area contributed by atoms with Crippen molar-refractivity contribution in [2.45, 2.75) is 18.7 Å². The molecule has 0 bridgehead atoms. The minimum absolute atomic E-state index is 0.225. The molecule has 0 amide bonds. The first-order chi connectivity index (χ1) is 6.24. The number of hydrogen-bond acceptors (Lipinski definition) is 5. The van der Waals surface area contributed by atoms with Gasteiger partial charge in [-0.15, -0.1) is 0 Å². The van der Waals surface area contributed by atoms with Gasteiger partial charge in [0.2, 0.25) is 0 Å². The van der Waals surface area contributed by atoms with E-state index in [1.165, 1.54) is 11.9 Å². The molecule has 0 aliphatic carbocycles. The second-order valence-corrected chi connectivity index (χ2v) is 2.77. The highest BCUT2D eigenvalue weighted by atomic mass is 16.5. The van der Waals surface area contributed by atoms with Crippen LogP contribution in [0.3, 0.4) is 0 Å². The summed E-state index contributed by atoms with van der Waals surface area (Å²) in [5.41, 5.74) is 5.66. The van der Waals surface area contributed by atoms with Gasteiger partial charge in [0.25, 0.3) is 0 Å². The summed E-state index contributed by atoms with van der Waals surface area (Å²) < 4.78 is 4.76. The van der Waals surface area contributed by atoms with Crippen molar-refractivity contribution in [2.75, 3.05) is 13.7 Å². The molecule has 2 unspecified atom stereocenters. The molecule has 0 saturated carbocycles. The smallest absolute Gasteiger partial charge is 0.0942 e. The molecular weight excluding hydrogens is 172 g/mol. The molecule has 0 aliphatic rings. The zero-order valence-corrected chi connectivity index (χ0v) is 7.50. The van der Waals surface area contributed by atoms with Crippen molar-refractivity contribution in [1.29, 1.82) is 0 Å². The van der Waals surface area contributed by atoms with Crippen molar-refractivity contribution in [2.24, 2.45) is 5.73 Å². The van der Waals surface area contributed by atoms with Crippen LogP contribution < -0.4 is 5.73 Å². The summed E-state index contributed by atoms with van der Waals surface area (Å²) in [6, 6.07) is -0.410. The molecule has 0 spiro atoms. The zero-order valence-electron chi connectivity index (χ0n) is 7.50. The third-order valence-electron chi connectivity index (χ3n) is 1.67. The maximum atomic E-state index is 9.40. The number of aliphatic hydroxyl groups is 1. The fraction of sp³-hybridized carbons (Fsp3) is 0.714. The van der Waals surface area contributed by atoms with Crippen LogP contribution >= 0.6 is 0 Å². The molecule has 6 heteroatoms. The third-order valence-corrected chi connectivity index (χ3v) is 1.67. The molecule has 0 saturated heterocycles. The number of rotatable bonds is 5. The van der Waals surface area contributed by atoms with Gasteiger partial charge in [-0.1, -0.05) is 0 Å². The monoisotopic (exact) mass is 186 g/mol. The van der Waals surface area contributed by atoms with E-state index in [0.717, 1.165) is 0 Å². The Morgan fingerprint density at radius 2 is 2.15 bits per heavy atom. The molecule has 1 aromatic heterocycles. The number of nitrogens with two attached hydrogens (primary N) is 1. The molecule has 3 N–H and O–H groups in total. The van der Waals surface area contributed by atoms with E-state index in [2.05, 4.69) is 10.2 Å². The Kier molecular flexibility index (Phi) is 3.81. The van der Waals surface area contributed by atoms with Crippen LogP contribution in [0.4, 0.5) is 0 Å². The minimum Gasteiger partial charge on any atom is -0.389 e. The quantitative estimate of drug-likeness (QED) is 0.591. The Labute approximate surface area is 76.3 Å². The van der Waals surface area contributed by atoms with Crippen molar-refractivity contribution in [3.8, 4) is 0 Å². The van der Waals surface area contributed by atoms with Crippen LogP contribution in [0, 0.1) is 0 Å². The first-order valence-electron chi connectivity index (χ1n) is 4.00. The number of nitrogens with zero attached hydrogens (tertiary/aromatic N) is 3. The molecule has 1 rings (SSSR count). The van der Waals surface area contributed by atoms with Crippen LogP contribution in [0.15, 0.2) is 12.4 Å². The lowest BCUT2D eigenvalue weighted by Gasteiger charge is -2.16. The minimum atomic E-state index is -0.684. The van der Waals surface area contributed by atoms with Crippen molar-refractivity contribution < 1.29 is 9.84 Å². The summed E-state index contributed by atoms with van der Waals surface area (Å²) in [6.07, 6.45) is 2.45. The first-order valence-corrected chi connectivity index (χ1v) is 4.00. The normalized spacial score (nSPS) is 15.6. The topological polar surface area (TPSA) is 86.2 Å². The number of ether oxygens (including phenoxy) is 1. The average molecular weight is 186 g/mol. The van der Waals surface area contributed by atoms with Crippen LogP contribution in [0.1, 0.15) is 0 Å². The molecule has 74 valence electrons. The van der Waals surface area contributed by atoms with Gasteiger partial charge in [0, 0.05) is 7.11 Å². The van der Waals surface area contributed by atoms with Gasteiger partial charge >= 0.3 is 0 Å². The summed E-state index contributed by atoms with van der Waals surface area (Å²) in [5.74, 6) is 0. The summed E-state index contributed by atoms with van der Waals surface area (Å²) in [7, 11) is 1.52. The molecule has 0 fully saturated rings. The lowest BCUT2D eigenvalue weighted by atomic mass is 10.2.